The van der Waals surface area contributed by atoms with E-state index in [0.29, 0.717) is 42.8 Å². The van der Waals surface area contributed by atoms with Crippen molar-refractivity contribution in [2.75, 3.05) is 13.1 Å². The standard InChI is InChI=1S/C14H20N2O4/c1-9-13(20-10(2)15-9)14(19)16-7-5-11(6-8-16)3-4-12(17)18/h11H,3-8H2,1-2H3,(H,17,18). The highest BCUT2D eigenvalue weighted by molar-refractivity contribution is 5.92. The molecule has 0 saturated carbocycles. The zero-order valence-corrected chi connectivity index (χ0v) is 11.9. The number of likely N-dealkylation sites (tertiary alicyclic amines) is 1. The van der Waals surface area contributed by atoms with E-state index < -0.39 is 5.97 Å². The topological polar surface area (TPSA) is 83.6 Å². The van der Waals surface area contributed by atoms with Gasteiger partial charge in [-0.05, 0) is 32.1 Å². The number of carboxylic acid groups (broad SMARTS) is 1. The summed E-state index contributed by atoms with van der Waals surface area (Å²) in [7, 11) is 0. The predicted molar refractivity (Wildman–Crippen MR) is 71.5 cm³/mol. The number of carboxylic acids is 1. The van der Waals surface area contributed by atoms with Gasteiger partial charge in [-0.2, -0.15) is 0 Å². The first-order valence-electron chi connectivity index (χ1n) is 6.92. The molecule has 0 bridgehead atoms. The highest BCUT2D eigenvalue weighted by Gasteiger charge is 2.27. The van der Waals surface area contributed by atoms with Crippen LogP contribution < -0.4 is 0 Å². The number of aliphatic carboxylic acids is 1. The van der Waals surface area contributed by atoms with Crippen molar-refractivity contribution in [3.63, 3.8) is 0 Å². The van der Waals surface area contributed by atoms with Gasteiger partial charge in [0.1, 0.15) is 0 Å². The summed E-state index contributed by atoms with van der Waals surface area (Å²) in [6.07, 6.45) is 2.60. The van der Waals surface area contributed by atoms with Crippen molar-refractivity contribution in [3.8, 4) is 0 Å². The Morgan fingerprint density at radius 1 is 1.35 bits per heavy atom. The average molecular weight is 280 g/mol. The minimum Gasteiger partial charge on any atom is -0.481 e. The molecule has 110 valence electrons. The van der Waals surface area contributed by atoms with E-state index in [1.54, 1.807) is 18.7 Å². The van der Waals surface area contributed by atoms with Crippen LogP contribution in [0.2, 0.25) is 0 Å². The summed E-state index contributed by atoms with van der Waals surface area (Å²) in [6.45, 7) is 4.80. The summed E-state index contributed by atoms with van der Waals surface area (Å²) in [5, 5.41) is 8.68. The van der Waals surface area contributed by atoms with Crippen LogP contribution in [0.5, 0.6) is 0 Å². The van der Waals surface area contributed by atoms with Crippen molar-refractivity contribution in [2.45, 2.75) is 39.5 Å². The third-order valence-electron chi connectivity index (χ3n) is 3.77. The molecule has 0 atom stereocenters. The van der Waals surface area contributed by atoms with Crippen LogP contribution in [0, 0.1) is 19.8 Å². The SMILES string of the molecule is Cc1nc(C)c(C(=O)N2CCC(CCC(=O)O)CC2)o1. The summed E-state index contributed by atoms with van der Waals surface area (Å²) in [5.74, 6) is 0.359. The van der Waals surface area contributed by atoms with Crippen molar-refractivity contribution in [2.24, 2.45) is 5.92 Å². The second kappa shape index (κ2) is 6.07. The van der Waals surface area contributed by atoms with Crippen LogP contribution in [0.25, 0.3) is 0 Å². The van der Waals surface area contributed by atoms with Gasteiger partial charge in [-0.15, -0.1) is 0 Å². The molecule has 2 rings (SSSR count). The van der Waals surface area contributed by atoms with Crippen molar-refractivity contribution in [1.82, 2.24) is 9.88 Å². The van der Waals surface area contributed by atoms with Crippen molar-refractivity contribution in [3.05, 3.63) is 17.3 Å². The number of amides is 1. The quantitative estimate of drug-likeness (QED) is 0.912. The van der Waals surface area contributed by atoms with Crippen molar-refractivity contribution in [1.29, 1.82) is 0 Å². The highest BCUT2D eigenvalue weighted by Crippen LogP contribution is 2.23. The summed E-state index contributed by atoms with van der Waals surface area (Å²) < 4.78 is 5.36. The van der Waals surface area contributed by atoms with Crippen molar-refractivity contribution < 1.29 is 19.1 Å². The maximum Gasteiger partial charge on any atom is 0.303 e. The Hall–Kier alpha value is -1.85. The largest absolute Gasteiger partial charge is 0.481 e. The first kappa shape index (κ1) is 14.6. The molecule has 1 aliphatic rings. The van der Waals surface area contributed by atoms with Crippen LogP contribution >= 0.6 is 0 Å². The monoisotopic (exact) mass is 280 g/mol. The molecular weight excluding hydrogens is 260 g/mol. The lowest BCUT2D eigenvalue weighted by atomic mass is 9.92. The highest BCUT2D eigenvalue weighted by atomic mass is 16.4. The van der Waals surface area contributed by atoms with Gasteiger partial charge in [0.2, 0.25) is 5.76 Å². The van der Waals surface area contributed by atoms with E-state index >= 15 is 0 Å². The van der Waals surface area contributed by atoms with Crippen LogP contribution in [-0.4, -0.2) is 40.0 Å². The van der Waals surface area contributed by atoms with E-state index in [0.717, 1.165) is 12.8 Å². The van der Waals surface area contributed by atoms with Crippen molar-refractivity contribution >= 4 is 11.9 Å². The zero-order chi connectivity index (χ0) is 14.7. The number of aromatic nitrogens is 1. The molecule has 1 N–H and O–H groups in total. The maximum atomic E-state index is 12.3. The number of nitrogens with zero attached hydrogens (tertiary/aromatic N) is 2. The molecule has 0 spiro atoms. The van der Waals surface area contributed by atoms with Gasteiger partial charge in [0.15, 0.2) is 5.89 Å². The molecule has 6 nitrogen and oxygen atoms in total. The molecule has 2 heterocycles. The molecule has 0 aromatic carbocycles. The van der Waals surface area contributed by atoms with E-state index in [9.17, 15) is 9.59 Å². The first-order valence-corrected chi connectivity index (χ1v) is 6.92. The smallest absolute Gasteiger partial charge is 0.303 e. The average Bonchev–Trinajstić information content (AvgIpc) is 2.75. The summed E-state index contributed by atoms with van der Waals surface area (Å²) in [6, 6.07) is 0. The van der Waals surface area contributed by atoms with E-state index in [-0.39, 0.29) is 12.3 Å². The maximum absolute atomic E-state index is 12.3. The molecule has 0 radical (unpaired) electrons. The van der Waals surface area contributed by atoms with Gasteiger partial charge in [0, 0.05) is 26.4 Å². The number of hydrogen-bond acceptors (Lipinski definition) is 4. The molecule has 1 fully saturated rings. The Balaban J connectivity index is 1.89. The van der Waals surface area contributed by atoms with Crippen LogP contribution in [0.15, 0.2) is 4.42 Å². The fourth-order valence-corrected chi connectivity index (χ4v) is 2.63. The number of piperidine rings is 1. The fraction of sp³-hybridized carbons (Fsp3) is 0.643. The zero-order valence-electron chi connectivity index (χ0n) is 11.9. The Bertz CT molecular complexity index is 501. The molecule has 0 unspecified atom stereocenters. The lowest BCUT2D eigenvalue weighted by Crippen LogP contribution is -2.38. The molecule has 1 amide bonds. The Labute approximate surface area is 117 Å². The molecular formula is C14H20N2O4. The molecule has 6 heteroatoms. The lowest BCUT2D eigenvalue weighted by Gasteiger charge is -2.31. The summed E-state index contributed by atoms with van der Waals surface area (Å²) in [5.41, 5.74) is 0.625. The Kier molecular flexibility index (Phi) is 4.42. The normalized spacial score (nSPS) is 16.4. The molecule has 1 saturated heterocycles. The molecule has 1 aromatic rings. The number of aryl methyl sites for hydroxylation is 2. The van der Waals surface area contributed by atoms with E-state index in [2.05, 4.69) is 4.98 Å². The number of rotatable bonds is 4. The summed E-state index contributed by atoms with van der Waals surface area (Å²) in [4.78, 5) is 28.7. The van der Waals surface area contributed by atoms with Gasteiger partial charge in [0.05, 0.1) is 5.69 Å². The van der Waals surface area contributed by atoms with Gasteiger partial charge >= 0.3 is 5.97 Å². The Morgan fingerprint density at radius 3 is 2.50 bits per heavy atom. The number of carbonyl (C=O) groups excluding carboxylic acids is 1. The van der Waals surface area contributed by atoms with Gasteiger partial charge in [0.25, 0.3) is 5.91 Å². The number of oxazole rings is 1. The molecule has 0 aliphatic carbocycles. The molecule has 1 aliphatic heterocycles. The first-order chi connectivity index (χ1) is 9.47. The second-order valence-corrected chi connectivity index (χ2v) is 5.32. The fourth-order valence-electron chi connectivity index (χ4n) is 2.63. The van der Waals surface area contributed by atoms with Crippen LogP contribution in [0.1, 0.15) is 47.8 Å². The van der Waals surface area contributed by atoms with E-state index in [4.69, 9.17) is 9.52 Å². The van der Waals surface area contributed by atoms with Gasteiger partial charge in [-0.25, -0.2) is 4.98 Å². The molecule has 1 aromatic heterocycles. The summed E-state index contributed by atoms with van der Waals surface area (Å²) >= 11 is 0. The third-order valence-corrected chi connectivity index (χ3v) is 3.77. The number of carbonyl (C=O) groups is 2. The minimum absolute atomic E-state index is 0.111. The number of hydrogen-bond donors (Lipinski definition) is 1. The van der Waals surface area contributed by atoms with E-state index in [1.807, 2.05) is 0 Å². The predicted octanol–water partition coefficient (Wildman–Crippen LogP) is 2.01. The lowest BCUT2D eigenvalue weighted by molar-refractivity contribution is -0.137. The van der Waals surface area contributed by atoms with Gasteiger partial charge in [-0.3, -0.25) is 9.59 Å². The minimum atomic E-state index is -0.753. The Morgan fingerprint density at radius 2 is 2.00 bits per heavy atom. The third kappa shape index (κ3) is 3.37. The van der Waals surface area contributed by atoms with Crippen LogP contribution in [-0.2, 0) is 4.79 Å². The van der Waals surface area contributed by atoms with Gasteiger partial charge in [-0.1, -0.05) is 0 Å². The van der Waals surface area contributed by atoms with E-state index in [1.165, 1.54) is 0 Å². The van der Waals surface area contributed by atoms with Gasteiger partial charge < -0.3 is 14.4 Å². The van der Waals surface area contributed by atoms with Crippen LogP contribution in [0.3, 0.4) is 0 Å². The van der Waals surface area contributed by atoms with Crippen LogP contribution in [0.4, 0.5) is 0 Å². The second-order valence-electron chi connectivity index (χ2n) is 5.32. The molecule has 20 heavy (non-hydrogen) atoms.